The van der Waals surface area contributed by atoms with Gasteiger partial charge in [-0.05, 0) is 42.4 Å². The Bertz CT molecular complexity index is 765. The van der Waals surface area contributed by atoms with E-state index in [0.717, 1.165) is 43.1 Å². The van der Waals surface area contributed by atoms with Crippen molar-refractivity contribution < 1.29 is 4.79 Å². The van der Waals surface area contributed by atoms with E-state index >= 15 is 0 Å². The zero-order valence-corrected chi connectivity index (χ0v) is 14.3. The maximum atomic E-state index is 12.7. The maximum absolute atomic E-state index is 12.7. The lowest BCUT2D eigenvalue weighted by Gasteiger charge is -2.28. The molecular formula is C19H24N4O. The molecule has 1 amide bonds. The molecule has 24 heavy (non-hydrogen) atoms. The number of aromatic nitrogens is 3. The van der Waals surface area contributed by atoms with Gasteiger partial charge in [-0.3, -0.25) is 4.79 Å². The van der Waals surface area contributed by atoms with Crippen molar-refractivity contribution in [3.8, 4) is 0 Å². The van der Waals surface area contributed by atoms with Gasteiger partial charge in [0.05, 0.1) is 13.0 Å². The van der Waals surface area contributed by atoms with E-state index < -0.39 is 0 Å². The van der Waals surface area contributed by atoms with Gasteiger partial charge in [-0.2, -0.15) is 0 Å². The lowest BCUT2D eigenvalue weighted by atomic mass is 9.90. The standard InChI is InChI=1S/C19H24N4O/c1-2-17-20-21-18-13-22(9-10-23(17)18)19(24)12-14-7-8-15-5-3-4-6-16(15)11-14/h7-8,11H,2-6,9-10,12-13H2,1H3. The van der Waals surface area contributed by atoms with Crippen LogP contribution in [-0.2, 0) is 43.6 Å². The van der Waals surface area contributed by atoms with E-state index in [2.05, 4.69) is 39.9 Å². The van der Waals surface area contributed by atoms with E-state index in [4.69, 9.17) is 0 Å². The Hall–Kier alpha value is -2.17. The van der Waals surface area contributed by atoms with Crippen LogP contribution < -0.4 is 0 Å². The molecule has 1 aliphatic heterocycles. The molecule has 4 rings (SSSR count). The quantitative estimate of drug-likeness (QED) is 0.870. The van der Waals surface area contributed by atoms with Crippen molar-refractivity contribution in [1.29, 1.82) is 0 Å². The van der Waals surface area contributed by atoms with Crippen LogP contribution in [0.1, 0.15) is 48.1 Å². The van der Waals surface area contributed by atoms with E-state index in [1.54, 1.807) is 0 Å². The van der Waals surface area contributed by atoms with Crippen LogP contribution in [0.15, 0.2) is 18.2 Å². The first-order valence-corrected chi connectivity index (χ1v) is 9.04. The van der Waals surface area contributed by atoms with Gasteiger partial charge in [0, 0.05) is 19.5 Å². The fraction of sp³-hybridized carbons (Fsp3) is 0.526. The molecule has 2 aliphatic rings. The van der Waals surface area contributed by atoms with Gasteiger partial charge in [-0.1, -0.05) is 25.1 Å². The topological polar surface area (TPSA) is 51.0 Å². The van der Waals surface area contributed by atoms with Gasteiger partial charge in [0.15, 0.2) is 5.82 Å². The minimum absolute atomic E-state index is 0.193. The van der Waals surface area contributed by atoms with E-state index in [-0.39, 0.29) is 5.91 Å². The summed E-state index contributed by atoms with van der Waals surface area (Å²) in [5.41, 5.74) is 4.05. The molecule has 0 radical (unpaired) electrons. The maximum Gasteiger partial charge on any atom is 0.227 e. The summed E-state index contributed by atoms with van der Waals surface area (Å²) in [6, 6.07) is 6.59. The number of rotatable bonds is 3. The molecule has 1 aromatic heterocycles. The number of carbonyl (C=O) groups is 1. The van der Waals surface area contributed by atoms with Crippen molar-refractivity contribution in [2.24, 2.45) is 0 Å². The van der Waals surface area contributed by atoms with Crippen LogP contribution in [0.3, 0.4) is 0 Å². The van der Waals surface area contributed by atoms with Crippen LogP contribution >= 0.6 is 0 Å². The number of amides is 1. The number of carbonyl (C=O) groups excluding carboxylic acids is 1. The van der Waals surface area contributed by atoms with Crippen molar-refractivity contribution in [2.75, 3.05) is 6.54 Å². The lowest BCUT2D eigenvalue weighted by Crippen LogP contribution is -2.39. The second-order valence-electron chi connectivity index (χ2n) is 6.84. The Morgan fingerprint density at radius 2 is 1.96 bits per heavy atom. The highest BCUT2D eigenvalue weighted by Gasteiger charge is 2.24. The summed E-state index contributed by atoms with van der Waals surface area (Å²) >= 11 is 0. The molecule has 0 saturated carbocycles. The first-order chi connectivity index (χ1) is 11.7. The van der Waals surface area contributed by atoms with Crippen molar-refractivity contribution >= 4 is 5.91 Å². The summed E-state index contributed by atoms with van der Waals surface area (Å²) in [4.78, 5) is 14.6. The van der Waals surface area contributed by atoms with Gasteiger partial charge >= 0.3 is 0 Å². The lowest BCUT2D eigenvalue weighted by molar-refractivity contribution is -0.132. The normalized spacial score (nSPS) is 16.6. The zero-order valence-electron chi connectivity index (χ0n) is 14.3. The molecular weight excluding hydrogens is 300 g/mol. The first-order valence-electron chi connectivity index (χ1n) is 9.04. The van der Waals surface area contributed by atoms with Gasteiger partial charge in [0.2, 0.25) is 5.91 Å². The minimum Gasteiger partial charge on any atom is -0.333 e. The highest BCUT2D eigenvalue weighted by molar-refractivity contribution is 5.79. The Morgan fingerprint density at radius 3 is 2.79 bits per heavy atom. The Morgan fingerprint density at radius 1 is 1.12 bits per heavy atom. The minimum atomic E-state index is 0.193. The van der Waals surface area contributed by atoms with E-state index in [0.29, 0.717) is 13.0 Å². The summed E-state index contributed by atoms with van der Waals surface area (Å²) in [6.07, 6.45) is 6.28. The summed E-state index contributed by atoms with van der Waals surface area (Å²) in [5.74, 6) is 2.13. The Labute approximate surface area is 142 Å². The van der Waals surface area contributed by atoms with Crippen LogP contribution in [-0.4, -0.2) is 32.1 Å². The SMILES string of the molecule is CCc1nnc2n1CCN(C(=O)Cc1ccc3c(c1)CCCC3)C2. The number of aryl methyl sites for hydroxylation is 3. The van der Waals surface area contributed by atoms with Crippen molar-refractivity contribution in [3.05, 3.63) is 46.5 Å². The molecule has 5 nitrogen and oxygen atoms in total. The number of fused-ring (bicyclic) bond motifs is 2. The molecule has 5 heteroatoms. The second-order valence-corrected chi connectivity index (χ2v) is 6.84. The Balaban J connectivity index is 1.45. The van der Waals surface area contributed by atoms with Crippen LogP contribution in [0, 0.1) is 0 Å². The van der Waals surface area contributed by atoms with Gasteiger partial charge in [0.1, 0.15) is 5.82 Å². The molecule has 126 valence electrons. The predicted octanol–water partition coefficient (Wildman–Crippen LogP) is 2.30. The van der Waals surface area contributed by atoms with Crippen molar-refractivity contribution in [1.82, 2.24) is 19.7 Å². The van der Waals surface area contributed by atoms with Gasteiger partial charge in [0.25, 0.3) is 0 Å². The zero-order chi connectivity index (χ0) is 16.5. The van der Waals surface area contributed by atoms with Crippen molar-refractivity contribution in [3.63, 3.8) is 0 Å². The van der Waals surface area contributed by atoms with Crippen molar-refractivity contribution in [2.45, 2.75) is 58.5 Å². The predicted molar refractivity (Wildman–Crippen MR) is 91.6 cm³/mol. The highest BCUT2D eigenvalue weighted by atomic mass is 16.2. The molecule has 0 unspecified atom stereocenters. The van der Waals surface area contributed by atoms with Crippen LogP contribution in [0.5, 0.6) is 0 Å². The van der Waals surface area contributed by atoms with Crippen LogP contribution in [0.25, 0.3) is 0 Å². The molecule has 0 saturated heterocycles. The Kier molecular flexibility index (Phi) is 4.08. The smallest absolute Gasteiger partial charge is 0.227 e. The molecule has 0 atom stereocenters. The third kappa shape index (κ3) is 2.83. The van der Waals surface area contributed by atoms with Crippen LogP contribution in [0.4, 0.5) is 0 Å². The third-order valence-corrected chi connectivity index (χ3v) is 5.27. The highest BCUT2D eigenvalue weighted by Crippen LogP contribution is 2.23. The van der Waals surface area contributed by atoms with E-state index in [1.165, 1.54) is 30.4 Å². The summed E-state index contributed by atoms with van der Waals surface area (Å²) in [6.45, 7) is 4.23. The fourth-order valence-electron chi connectivity index (χ4n) is 3.88. The average Bonchev–Trinajstić information content (AvgIpc) is 3.04. The molecule has 0 N–H and O–H groups in total. The van der Waals surface area contributed by atoms with Gasteiger partial charge in [-0.25, -0.2) is 0 Å². The molecule has 0 fully saturated rings. The molecule has 0 spiro atoms. The number of hydrogen-bond donors (Lipinski definition) is 0. The largest absolute Gasteiger partial charge is 0.333 e. The van der Waals surface area contributed by atoms with Gasteiger partial charge < -0.3 is 9.47 Å². The molecule has 2 heterocycles. The third-order valence-electron chi connectivity index (χ3n) is 5.27. The number of benzene rings is 1. The summed E-state index contributed by atoms with van der Waals surface area (Å²) in [5, 5.41) is 8.46. The number of nitrogens with zero attached hydrogens (tertiary/aromatic N) is 4. The molecule has 1 aliphatic carbocycles. The van der Waals surface area contributed by atoms with E-state index in [9.17, 15) is 4.79 Å². The average molecular weight is 324 g/mol. The summed E-state index contributed by atoms with van der Waals surface area (Å²) < 4.78 is 2.16. The fourth-order valence-corrected chi connectivity index (χ4v) is 3.88. The first kappa shape index (κ1) is 15.4. The van der Waals surface area contributed by atoms with Gasteiger partial charge in [-0.15, -0.1) is 10.2 Å². The summed E-state index contributed by atoms with van der Waals surface area (Å²) in [7, 11) is 0. The van der Waals surface area contributed by atoms with Crippen LogP contribution in [0.2, 0.25) is 0 Å². The second kappa shape index (κ2) is 6.38. The van der Waals surface area contributed by atoms with E-state index in [1.807, 2.05) is 4.90 Å². The number of hydrogen-bond acceptors (Lipinski definition) is 3. The molecule has 2 aromatic rings. The molecule has 0 bridgehead atoms. The molecule has 1 aromatic carbocycles. The monoisotopic (exact) mass is 324 g/mol.